The normalized spacial score (nSPS) is 23.5. The fraction of sp³-hybridized carbons (Fsp3) is 0.480. The van der Waals surface area contributed by atoms with Gasteiger partial charge in [-0.3, -0.25) is 4.72 Å². The van der Waals surface area contributed by atoms with Gasteiger partial charge >= 0.3 is 5.97 Å². The maximum Gasteiger partial charge on any atom is 0.341 e. The molecule has 0 amide bonds. The highest BCUT2D eigenvalue weighted by Gasteiger charge is 2.45. The molecule has 8 nitrogen and oxygen atoms in total. The first kappa shape index (κ1) is 23.0. The summed E-state index contributed by atoms with van der Waals surface area (Å²) < 4.78 is 34.9. The number of sulfonamides is 1. The molecule has 2 aromatic rings. The lowest BCUT2D eigenvalue weighted by atomic mass is 10.0. The Bertz CT molecular complexity index is 1200. The largest absolute Gasteiger partial charge is 0.492 e. The van der Waals surface area contributed by atoms with E-state index in [9.17, 15) is 18.3 Å². The number of hydrogen-bond acceptors (Lipinski definition) is 6. The molecule has 182 valence electrons. The third kappa shape index (κ3) is 4.46. The molecule has 1 aliphatic carbocycles. The Kier molecular flexibility index (Phi) is 6.16. The topological polar surface area (TPSA) is 108 Å². The summed E-state index contributed by atoms with van der Waals surface area (Å²) in [5, 5.41) is 13.2. The zero-order chi connectivity index (χ0) is 23.9. The molecule has 3 atom stereocenters. The van der Waals surface area contributed by atoms with Crippen LogP contribution in [0.5, 0.6) is 5.75 Å². The van der Waals surface area contributed by atoms with Crippen molar-refractivity contribution in [2.45, 2.75) is 37.0 Å². The number of benzene rings is 2. The molecule has 2 aliphatic heterocycles. The summed E-state index contributed by atoms with van der Waals surface area (Å²) in [6.45, 7) is 6.57. The smallest absolute Gasteiger partial charge is 0.341 e. The number of nitrogens with one attached hydrogen (secondary N) is 2. The van der Waals surface area contributed by atoms with E-state index in [2.05, 4.69) is 21.9 Å². The minimum atomic E-state index is -4.03. The Balaban J connectivity index is 1.34. The number of para-hydroxylation sites is 1. The van der Waals surface area contributed by atoms with Gasteiger partial charge in [0, 0.05) is 19.0 Å². The third-order valence-corrected chi connectivity index (χ3v) is 8.70. The Morgan fingerprint density at radius 1 is 1.21 bits per heavy atom. The van der Waals surface area contributed by atoms with Crippen LogP contribution in [0.1, 0.15) is 48.0 Å². The first-order chi connectivity index (χ1) is 16.4. The van der Waals surface area contributed by atoms with Gasteiger partial charge in [-0.25, -0.2) is 13.2 Å². The number of likely N-dealkylation sites (tertiary alicyclic amines) is 1. The van der Waals surface area contributed by atoms with E-state index < -0.39 is 16.0 Å². The van der Waals surface area contributed by atoms with E-state index in [4.69, 9.17) is 4.74 Å². The van der Waals surface area contributed by atoms with E-state index in [0.29, 0.717) is 36.6 Å². The highest BCUT2D eigenvalue weighted by molar-refractivity contribution is 7.92. The van der Waals surface area contributed by atoms with Crippen LogP contribution in [0, 0.1) is 11.8 Å². The molecule has 0 aromatic heterocycles. The Hall–Kier alpha value is -2.78. The predicted molar refractivity (Wildman–Crippen MR) is 130 cm³/mol. The van der Waals surface area contributed by atoms with E-state index >= 15 is 0 Å². The number of anilines is 2. The Morgan fingerprint density at radius 2 is 2.03 bits per heavy atom. The van der Waals surface area contributed by atoms with Crippen molar-refractivity contribution in [3.63, 3.8) is 0 Å². The van der Waals surface area contributed by atoms with Gasteiger partial charge < -0.3 is 20.1 Å². The fourth-order valence-electron chi connectivity index (χ4n) is 5.24. The number of rotatable bonds is 9. The number of carboxylic acids is 1. The molecule has 2 heterocycles. The van der Waals surface area contributed by atoms with Gasteiger partial charge in [0.1, 0.15) is 16.2 Å². The van der Waals surface area contributed by atoms with Crippen LogP contribution in [0.25, 0.3) is 0 Å². The van der Waals surface area contributed by atoms with Gasteiger partial charge in [0.25, 0.3) is 10.0 Å². The number of aromatic carboxylic acids is 1. The van der Waals surface area contributed by atoms with Crippen LogP contribution in [-0.2, 0) is 10.0 Å². The second kappa shape index (κ2) is 9.11. The number of hydrogen-bond donors (Lipinski definition) is 3. The fourth-order valence-corrected chi connectivity index (χ4v) is 6.50. The SMILES string of the molecule is CCN1CC[C@@H](CCNc2ccccc2S(=O)(=O)Nc2ccc3c(c2C(=O)O)OC[C@@H]2C[C@H]32)C1. The molecule has 2 fully saturated rings. The van der Waals surface area contributed by atoms with E-state index in [1.807, 2.05) is 0 Å². The Labute approximate surface area is 200 Å². The minimum absolute atomic E-state index is 0.0192. The number of fused-ring (bicyclic) bond motifs is 3. The average Bonchev–Trinajstić information content (AvgIpc) is 3.48. The molecule has 0 spiro atoms. The van der Waals surface area contributed by atoms with Gasteiger partial charge in [0.05, 0.1) is 18.0 Å². The summed E-state index contributed by atoms with van der Waals surface area (Å²) in [6, 6.07) is 10.1. The molecule has 5 rings (SSSR count). The summed E-state index contributed by atoms with van der Waals surface area (Å²) in [7, 11) is -4.03. The zero-order valence-electron chi connectivity index (χ0n) is 19.3. The van der Waals surface area contributed by atoms with Crippen molar-refractivity contribution in [1.29, 1.82) is 0 Å². The van der Waals surface area contributed by atoms with Crippen LogP contribution < -0.4 is 14.8 Å². The molecule has 3 aliphatic rings. The predicted octanol–water partition coefficient (Wildman–Crippen LogP) is 3.83. The monoisotopic (exact) mass is 485 g/mol. The second-order valence-corrected chi connectivity index (χ2v) is 11.1. The molecule has 3 N–H and O–H groups in total. The summed E-state index contributed by atoms with van der Waals surface area (Å²) in [6.07, 6.45) is 3.11. The molecular formula is C25H31N3O5S. The van der Waals surface area contributed by atoms with Gasteiger partial charge in [-0.15, -0.1) is 0 Å². The number of nitrogens with zero attached hydrogens (tertiary/aromatic N) is 1. The van der Waals surface area contributed by atoms with E-state index in [0.717, 1.165) is 44.5 Å². The van der Waals surface area contributed by atoms with Gasteiger partial charge in [0.2, 0.25) is 0 Å². The standard InChI is InChI=1S/C25H31N3O5S/c1-2-28-12-10-16(14-28)9-11-26-20-5-3-4-6-22(20)34(31,32)27-21-8-7-18-19-13-17(19)15-33-24(18)23(21)25(29)30/h3-8,16-17,19,26-27H,2,9-15H2,1H3,(H,29,30)/t16-,17+,19+/m1/s1. The Morgan fingerprint density at radius 3 is 2.79 bits per heavy atom. The third-order valence-electron chi connectivity index (χ3n) is 7.27. The molecule has 2 aromatic carbocycles. The van der Waals surface area contributed by atoms with Crippen LogP contribution in [0.3, 0.4) is 0 Å². The number of carbonyl (C=O) groups is 1. The van der Waals surface area contributed by atoms with Crippen LogP contribution >= 0.6 is 0 Å². The van der Waals surface area contributed by atoms with Gasteiger partial charge in [-0.1, -0.05) is 25.1 Å². The molecule has 0 unspecified atom stereocenters. The highest BCUT2D eigenvalue weighted by Crippen LogP contribution is 2.55. The lowest BCUT2D eigenvalue weighted by Gasteiger charge is -2.21. The summed E-state index contributed by atoms with van der Waals surface area (Å²) in [5.74, 6) is 0.424. The lowest BCUT2D eigenvalue weighted by molar-refractivity contribution is 0.0692. The van der Waals surface area contributed by atoms with Gasteiger partial charge in [-0.05, 0) is 68.0 Å². The van der Waals surface area contributed by atoms with Crippen molar-refractivity contribution in [3.05, 3.63) is 47.5 Å². The van der Waals surface area contributed by atoms with Crippen molar-refractivity contribution >= 4 is 27.4 Å². The van der Waals surface area contributed by atoms with E-state index in [-0.39, 0.29) is 21.9 Å². The molecule has 0 radical (unpaired) electrons. The van der Waals surface area contributed by atoms with Crippen molar-refractivity contribution in [2.24, 2.45) is 11.8 Å². The first-order valence-corrected chi connectivity index (χ1v) is 13.5. The van der Waals surface area contributed by atoms with Crippen LogP contribution in [-0.4, -0.2) is 57.2 Å². The molecule has 9 heteroatoms. The second-order valence-electron chi connectivity index (χ2n) is 9.49. The lowest BCUT2D eigenvalue weighted by Crippen LogP contribution is -2.21. The first-order valence-electron chi connectivity index (χ1n) is 12.0. The molecular weight excluding hydrogens is 454 g/mol. The van der Waals surface area contributed by atoms with Gasteiger partial charge in [0.15, 0.2) is 0 Å². The quantitative estimate of drug-likeness (QED) is 0.495. The molecule has 34 heavy (non-hydrogen) atoms. The zero-order valence-corrected chi connectivity index (χ0v) is 20.1. The van der Waals surface area contributed by atoms with Crippen molar-refractivity contribution < 1.29 is 23.1 Å². The van der Waals surface area contributed by atoms with Crippen LogP contribution in [0.4, 0.5) is 11.4 Å². The average molecular weight is 486 g/mol. The molecule has 0 bridgehead atoms. The molecule has 1 saturated carbocycles. The highest BCUT2D eigenvalue weighted by atomic mass is 32.2. The van der Waals surface area contributed by atoms with Crippen molar-refractivity contribution in [1.82, 2.24) is 4.90 Å². The van der Waals surface area contributed by atoms with E-state index in [1.165, 1.54) is 6.07 Å². The van der Waals surface area contributed by atoms with Crippen LogP contribution in [0.15, 0.2) is 41.3 Å². The summed E-state index contributed by atoms with van der Waals surface area (Å²) in [5.41, 5.74) is 1.25. The summed E-state index contributed by atoms with van der Waals surface area (Å²) >= 11 is 0. The van der Waals surface area contributed by atoms with Gasteiger partial charge in [-0.2, -0.15) is 0 Å². The number of carboxylic acid groups (broad SMARTS) is 1. The maximum absolute atomic E-state index is 13.3. The van der Waals surface area contributed by atoms with Crippen molar-refractivity contribution in [3.8, 4) is 5.75 Å². The number of ether oxygens (including phenoxy) is 1. The van der Waals surface area contributed by atoms with E-state index in [1.54, 1.807) is 30.3 Å². The van der Waals surface area contributed by atoms with Crippen LogP contribution in [0.2, 0.25) is 0 Å². The van der Waals surface area contributed by atoms with Crippen molar-refractivity contribution in [2.75, 3.05) is 42.8 Å². The maximum atomic E-state index is 13.3. The molecule has 1 saturated heterocycles. The summed E-state index contributed by atoms with van der Waals surface area (Å²) in [4.78, 5) is 14.6. The minimum Gasteiger partial charge on any atom is -0.492 e.